The number of allylic oxidation sites excluding steroid dienone is 1. The predicted molar refractivity (Wildman–Crippen MR) is 50.4 cm³/mol. The van der Waals surface area contributed by atoms with Gasteiger partial charge in [-0.2, -0.15) is 0 Å². The highest BCUT2D eigenvalue weighted by Gasteiger charge is 2.35. The van der Waals surface area contributed by atoms with E-state index in [0.717, 1.165) is 37.7 Å². The predicted octanol–water partition coefficient (Wildman–Crippen LogP) is 1.97. The van der Waals surface area contributed by atoms with Gasteiger partial charge in [-0.3, -0.25) is 4.79 Å². The summed E-state index contributed by atoms with van der Waals surface area (Å²) >= 11 is 0. The van der Waals surface area contributed by atoms with Gasteiger partial charge in [0.1, 0.15) is 0 Å². The molecule has 1 fully saturated rings. The third-order valence-corrected chi connectivity index (χ3v) is 3.25. The number of carbonyl (C=O) groups excluding carboxylic acids is 1. The Bertz CT molecular complexity index is 247. The van der Waals surface area contributed by atoms with Crippen LogP contribution in [0.15, 0.2) is 11.6 Å². The molecule has 2 aliphatic rings. The summed E-state index contributed by atoms with van der Waals surface area (Å²) in [6.07, 6.45) is 8.20. The van der Waals surface area contributed by atoms with Crippen LogP contribution in [-0.4, -0.2) is 16.5 Å². The van der Waals surface area contributed by atoms with Crippen molar-refractivity contribution in [2.75, 3.05) is 0 Å². The maximum absolute atomic E-state index is 11.1. The van der Waals surface area contributed by atoms with Crippen molar-refractivity contribution >= 4 is 5.78 Å². The van der Waals surface area contributed by atoms with Crippen LogP contribution >= 0.6 is 0 Å². The van der Waals surface area contributed by atoms with Crippen molar-refractivity contribution < 1.29 is 9.90 Å². The van der Waals surface area contributed by atoms with Gasteiger partial charge in [0.25, 0.3) is 0 Å². The first-order valence-electron chi connectivity index (χ1n) is 5.17. The van der Waals surface area contributed by atoms with Gasteiger partial charge in [0.05, 0.1) is 5.60 Å². The van der Waals surface area contributed by atoms with Crippen molar-refractivity contribution in [2.45, 2.75) is 50.5 Å². The molecule has 2 aliphatic carbocycles. The molecule has 0 unspecified atom stereocenters. The zero-order chi connectivity index (χ0) is 9.31. The fraction of sp³-hybridized carbons (Fsp3) is 0.727. The lowest BCUT2D eigenvalue weighted by Crippen LogP contribution is -2.32. The first kappa shape index (κ1) is 8.95. The Hall–Kier alpha value is -0.630. The van der Waals surface area contributed by atoms with Gasteiger partial charge in [0.2, 0.25) is 0 Å². The summed E-state index contributed by atoms with van der Waals surface area (Å²) in [5.41, 5.74) is 0.377. The van der Waals surface area contributed by atoms with Crippen molar-refractivity contribution in [1.82, 2.24) is 0 Å². The molecule has 0 atom stereocenters. The molecule has 0 aromatic rings. The Balaban J connectivity index is 2.13. The lowest BCUT2D eigenvalue weighted by atomic mass is 9.79. The monoisotopic (exact) mass is 180 g/mol. The second kappa shape index (κ2) is 3.26. The number of rotatable bonds is 1. The average Bonchev–Trinajstić information content (AvgIpc) is 2.54. The van der Waals surface area contributed by atoms with E-state index in [1.807, 2.05) is 0 Å². The zero-order valence-corrected chi connectivity index (χ0v) is 7.88. The van der Waals surface area contributed by atoms with E-state index < -0.39 is 5.60 Å². The molecule has 2 nitrogen and oxygen atoms in total. The summed E-state index contributed by atoms with van der Waals surface area (Å²) in [7, 11) is 0. The number of hydrogen-bond acceptors (Lipinski definition) is 2. The molecule has 0 radical (unpaired) electrons. The van der Waals surface area contributed by atoms with Gasteiger partial charge < -0.3 is 5.11 Å². The molecule has 0 aromatic heterocycles. The third kappa shape index (κ3) is 1.68. The van der Waals surface area contributed by atoms with Crippen molar-refractivity contribution in [1.29, 1.82) is 0 Å². The average molecular weight is 180 g/mol. The van der Waals surface area contributed by atoms with Gasteiger partial charge >= 0.3 is 0 Å². The van der Waals surface area contributed by atoms with Gasteiger partial charge in [-0.05, 0) is 30.9 Å². The van der Waals surface area contributed by atoms with Crippen LogP contribution in [0.2, 0.25) is 0 Å². The van der Waals surface area contributed by atoms with E-state index in [1.54, 1.807) is 6.08 Å². The van der Waals surface area contributed by atoms with Gasteiger partial charge in [0.15, 0.2) is 5.78 Å². The lowest BCUT2D eigenvalue weighted by Gasteiger charge is -2.33. The van der Waals surface area contributed by atoms with Crippen LogP contribution in [0.4, 0.5) is 0 Å². The molecule has 0 amide bonds. The number of ketones is 1. The minimum Gasteiger partial charge on any atom is -0.386 e. The molecule has 0 aliphatic heterocycles. The van der Waals surface area contributed by atoms with Crippen molar-refractivity contribution in [3.63, 3.8) is 0 Å². The number of carbonyl (C=O) groups is 1. The molecule has 0 aromatic carbocycles. The molecule has 1 N–H and O–H groups in total. The Morgan fingerprint density at radius 2 is 1.85 bits per heavy atom. The standard InChI is InChI=1S/C11H16O2/c12-10-5-4-9(8-10)11(13)6-2-1-3-7-11/h8,13H,1-7H2. The normalized spacial score (nSPS) is 27.5. The van der Waals surface area contributed by atoms with Crippen molar-refractivity contribution in [3.05, 3.63) is 11.6 Å². The number of hydrogen-bond donors (Lipinski definition) is 1. The SMILES string of the molecule is O=C1C=C(C2(O)CCCCC2)CC1. The molecule has 0 bridgehead atoms. The van der Waals surface area contributed by atoms with Gasteiger partial charge in [0, 0.05) is 6.42 Å². The van der Waals surface area contributed by atoms with Crippen LogP contribution < -0.4 is 0 Å². The molecule has 72 valence electrons. The first-order chi connectivity index (χ1) is 6.21. The molecule has 0 saturated heterocycles. The molecule has 2 heteroatoms. The lowest BCUT2D eigenvalue weighted by molar-refractivity contribution is -0.114. The Labute approximate surface area is 78.6 Å². The first-order valence-corrected chi connectivity index (χ1v) is 5.17. The second-order valence-corrected chi connectivity index (χ2v) is 4.23. The molecule has 2 rings (SSSR count). The highest BCUT2D eigenvalue weighted by molar-refractivity contribution is 5.93. The topological polar surface area (TPSA) is 37.3 Å². The highest BCUT2D eigenvalue weighted by Crippen LogP contribution is 2.38. The minimum absolute atomic E-state index is 0.189. The molecular formula is C11H16O2. The Morgan fingerprint density at radius 1 is 1.15 bits per heavy atom. The summed E-state index contributed by atoms with van der Waals surface area (Å²) < 4.78 is 0. The summed E-state index contributed by atoms with van der Waals surface area (Å²) in [6, 6.07) is 0. The van der Waals surface area contributed by atoms with Crippen molar-refractivity contribution in [3.8, 4) is 0 Å². The fourth-order valence-electron chi connectivity index (χ4n) is 2.42. The molecule has 13 heavy (non-hydrogen) atoms. The molecule has 0 spiro atoms. The van der Waals surface area contributed by atoms with Crippen LogP contribution in [0, 0.1) is 0 Å². The van der Waals surface area contributed by atoms with Gasteiger partial charge in [-0.15, -0.1) is 0 Å². The quantitative estimate of drug-likeness (QED) is 0.670. The van der Waals surface area contributed by atoms with E-state index in [-0.39, 0.29) is 5.78 Å². The molecule has 1 saturated carbocycles. The molecular weight excluding hydrogens is 164 g/mol. The summed E-state index contributed by atoms with van der Waals surface area (Å²) in [6.45, 7) is 0. The third-order valence-electron chi connectivity index (χ3n) is 3.25. The summed E-state index contributed by atoms with van der Waals surface area (Å²) in [5, 5.41) is 10.3. The van der Waals surface area contributed by atoms with E-state index >= 15 is 0 Å². The van der Waals surface area contributed by atoms with Crippen LogP contribution in [0.1, 0.15) is 44.9 Å². The van der Waals surface area contributed by atoms with Gasteiger partial charge in [-0.1, -0.05) is 19.3 Å². The van der Waals surface area contributed by atoms with E-state index in [9.17, 15) is 9.90 Å². The van der Waals surface area contributed by atoms with Crippen LogP contribution in [0.5, 0.6) is 0 Å². The minimum atomic E-state index is -0.621. The van der Waals surface area contributed by atoms with E-state index in [2.05, 4.69) is 0 Å². The van der Waals surface area contributed by atoms with Crippen LogP contribution in [0.25, 0.3) is 0 Å². The smallest absolute Gasteiger partial charge is 0.156 e. The maximum Gasteiger partial charge on any atom is 0.156 e. The Kier molecular flexibility index (Phi) is 2.24. The maximum atomic E-state index is 11.1. The van der Waals surface area contributed by atoms with E-state index in [0.29, 0.717) is 6.42 Å². The summed E-state index contributed by atoms with van der Waals surface area (Å²) in [4.78, 5) is 11.1. The molecule has 0 heterocycles. The summed E-state index contributed by atoms with van der Waals surface area (Å²) in [5.74, 6) is 0.189. The van der Waals surface area contributed by atoms with E-state index in [1.165, 1.54) is 6.42 Å². The second-order valence-electron chi connectivity index (χ2n) is 4.23. The highest BCUT2D eigenvalue weighted by atomic mass is 16.3. The van der Waals surface area contributed by atoms with Crippen LogP contribution in [0.3, 0.4) is 0 Å². The van der Waals surface area contributed by atoms with Crippen LogP contribution in [-0.2, 0) is 4.79 Å². The Morgan fingerprint density at radius 3 is 2.38 bits per heavy atom. The van der Waals surface area contributed by atoms with Gasteiger partial charge in [-0.25, -0.2) is 0 Å². The fourth-order valence-corrected chi connectivity index (χ4v) is 2.42. The largest absolute Gasteiger partial charge is 0.386 e. The number of aliphatic hydroxyl groups is 1. The zero-order valence-electron chi connectivity index (χ0n) is 7.88. The van der Waals surface area contributed by atoms with Crippen molar-refractivity contribution in [2.24, 2.45) is 0 Å². The van der Waals surface area contributed by atoms with E-state index in [4.69, 9.17) is 0 Å².